The fourth-order valence-electron chi connectivity index (χ4n) is 3.05. The maximum Gasteiger partial charge on any atom is 0.263 e. The number of anilines is 2. The first-order valence-electron chi connectivity index (χ1n) is 8.10. The Kier molecular flexibility index (Phi) is 3.92. The molecule has 4 rings (SSSR count). The van der Waals surface area contributed by atoms with Gasteiger partial charge in [0.1, 0.15) is 6.54 Å². The Morgan fingerprint density at radius 1 is 0.962 bits per heavy atom. The van der Waals surface area contributed by atoms with Crippen LogP contribution in [0.5, 0.6) is 0 Å². The molecule has 0 bridgehead atoms. The van der Waals surface area contributed by atoms with Crippen molar-refractivity contribution in [3.05, 3.63) is 60.7 Å². The van der Waals surface area contributed by atoms with Crippen LogP contribution in [0, 0.1) is 0 Å². The minimum atomic E-state index is -0.910. The lowest BCUT2D eigenvalue weighted by Crippen LogP contribution is -2.43. The van der Waals surface area contributed by atoms with Crippen LogP contribution in [0.1, 0.15) is 0 Å². The van der Waals surface area contributed by atoms with Gasteiger partial charge in [-0.15, -0.1) is 0 Å². The van der Waals surface area contributed by atoms with Gasteiger partial charge >= 0.3 is 0 Å². The number of benzene rings is 2. The summed E-state index contributed by atoms with van der Waals surface area (Å²) in [6.45, 7) is -0.165. The summed E-state index contributed by atoms with van der Waals surface area (Å²) in [5.41, 5.74) is 1.13. The van der Waals surface area contributed by atoms with Crippen molar-refractivity contribution in [3.63, 3.8) is 0 Å². The Morgan fingerprint density at radius 2 is 1.62 bits per heavy atom. The van der Waals surface area contributed by atoms with Crippen LogP contribution in [-0.2, 0) is 14.4 Å². The Morgan fingerprint density at radius 3 is 2.31 bits per heavy atom. The molecular weight excluding hydrogens is 334 g/mol. The number of hydrogen-bond donors (Lipinski definition) is 1. The third kappa shape index (κ3) is 2.71. The number of nitrogens with zero attached hydrogens (tertiary/aromatic N) is 4. The van der Waals surface area contributed by atoms with Gasteiger partial charge in [-0.2, -0.15) is 5.11 Å². The van der Waals surface area contributed by atoms with Crippen LogP contribution in [0.3, 0.4) is 0 Å². The molecule has 3 amide bonds. The van der Waals surface area contributed by atoms with Crippen molar-refractivity contribution in [2.75, 3.05) is 16.8 Å². The van der Waals surface area contributed by atoms with E-state index in [0.29, 0.717) is 11.4 Å². The van der Waals surface area contributed by atoms with Gasteiger partial charge in [-0.25, -0.2) is 4.90 Å². The van der Waals surface area contributed by atoms with Crippen molar-refractivity contribution in [2.45, 2.75) is 12.1 Å². The average molecular weight is 349 g/mol. The lowest BCUT2D eigenvalue weighted by molar-refractivity contribution is -0.123. The van der Waals surface area contributed by atoms with Crippen molar-refractivity contribution in [3.8, 4) is 0 Å². The summed E-state index contributed by atoms with van der Waals surface area (Å²) in [6, 6.07) is 15.8. The van der Waals surface area contributed by atoms with Crippen molar-refractivity contribution < 1.29 is 14.4 Å². The van der Waals surface area contributed by atoms with Gasteiger partial charge in [-0.3, -0.25) is 19.4 Å². The van der Waals surface area contributed by atoms with Gasteiger partial charge in [0, 0.05) is 5.69 Å². The van der Waals surface area contributed by atoms with E-state index in [-0.39, 0.29) is 12.5 Å². The molecule has 8 nitrogen and oxygen atoms in total. The van der Waals surface area contributed by atoms with Crippen LogP contribution < -0.4 is 10.2 Å². The average Bonchev–Trinajstić information content (AvgIpc) is 3.17. The minimum Gasteiger partial charge on any atom is -0.324 e. The van der Waals surface area contributed by atoms with Gasteiger partial charge in [-0.1, -0.05) is 41.6 Å². The van der Waals surface area contributed by atoms with Gasteiger partial charge in [0.05, 0.1) is 5.69 Å². The predicted molar refractivity (Wildman–Crippen MR) is 93.1 cm³/mol. The molecule has 130 valence electrons. The summed E-state index contributed by atoms with van der Waals surface area (Å²) in [7, 11) is 0. The number of carbonyl (C=O) groups is 3. The van der Waals surface area contributed by atoms with Crippen molar-refractivity contribution in [1.82, 2.24) is 5.01 Å². The summed E-state index contributed by atoms with van der Waals surface area (Å²) in [5.74, 6) is -1.20. The Bertz CT molecular complexity index is 884. The van der Waals surface area contributed by atoms with E-state index in [2.05, 4.69) is 15.7 Å². The number of hydrogen-bond acceptors (Lipinski definition) is 6. The smallest absolute Gasteiger partial charge is 0.263 e. The number of nitrogens with one attached hydrogen (secondary N) is 1. The highest BCUT2D eigenvalue weighted by Crippen LogP contribution is 2.31. The van der Waals surface area contributed by atoms with Crippen LogP contribution >= 0.6 is 0 Å². The Labute approximate surface area is 149 Å². The minimum absolute atomic E-state index is 0.165. The summed E-state index contributed by atoms with van der Waals surface area (Å²) in [6.07, 6.45) is 0. The first-order valence-corrected chi connectivity index (χ1v) is 8.10. The predicted octanol–water partition coefficient (Wildman–Crippen LogP) is 1.62. The van der Waals surface area contributed by atoms with Gasteiger partial charge < -0.3 is 5.32 Å². The fourth-order valence-corrected chi connectivity index (χ4v) is 3.05. The lowest BCUT2D eigenvalue weighted by Gasteiger charge is -2.20. The topological polar surface area (TPSA) is 94.4 Å². The number of para-hydroxylation sites is 2. The van der Waals surface area contributed by atoms with Crippen LogP contribution in [-0.4, -0.2) is 41.4 Å². The first kappa shape index (κ1) is 15.9. The molecule has 0 radical (unpaired) electrons. The zero-order valence-corrected chi connectivity index (χ0v) is 13.6. The maximum absolute atomic E-state index is 12.8. The number of amides is 3. The van der Waals surface area contributed by atoms with Crippen LogP contribution in [0.25, 0.3) is 0 Å². The molecule has 26 heavy (non-hydrogen) atoms. The fraction of sp³-hybridized carbons (Fsp3) is 0.167. The van der Waals surface area contributed by atoms with E-state index in [1.54, 1.807) is 54.6 Å². The molecule has 2 aliphatic rings. The summed E-state index contributed by atoms with van der Waals surface area (Å²) < 4.78 is 0. The zero-order chi connectivity index (χ0) is 18.1. The molecule has 2 heterocycles. The highest BCUT2D eigenvalue weighted by molar-refractivity contribution is 6.25. The molecule has 2 atom stereocenters. The number of carbonyl (C=O) groups excluding carboxylic acids is 3. The highest BCUT2D eigenvalue weighted by atomic mass is 16.2. The zero-order valence-electron chi connectivity index (χ0n) is 13.6. The molecule has 2 aliphatic heterocycles. The molecule has 0 unspecified atom stereocenters. The van der Waals surface area contributed by atoms with Crippen LogP contribution in [0.4, 0.5) is 11.4 Å². The second-order valence-corrected chi connectivity index (χ2v) is 5.95. The van der Waals surface area contributed by atoms with E-state index in [9.17, 15) is 14.4 Å². The van der Waals surface area contributed by atoms with E-state index in [4.69, 9.17) is 0 Å². The standard InChI is InChI=1S/C18H15N5O3/c24-14(19-12-7-3-1-4-8-12)11-22-16-15(20-21-22)17(25)23(18(16)26)13-9-5-2-6-10-13/h1-10,15-16H,11H2,(H,19,24)/t15-,16+/m0/s1. The van der Waals surface area contributed by atoms with Crippen molar-refractivity contribution in [2.24, 2.45) is 10.3 Å². The lowest BCUT2D eigenvalue weighted by atomic mass is 10.1. The normalized spacial score (nSPS) is 21.2. The molecular formula is C18H15N5O3. The van der Waals surface area contributed by atoms with E-state index in [0.717, 1.165) is 4.90 Å². The van der Waals surface area contributed by atoms with Crippen LogP contribution in [0.15, 0.2) is 71.0 Å². The molecule has 0 saturated carbocycles. The largest absolute Gasteiger partial charge is 0.324 e. The molecule has 1 saturated heterocycles. The van der Waals surface area contributed by atoms with Gasteiger partial charge in [0.15, 0.2) is 12.1 Å². The monoisotopic (exact) mass is 349 g/mol. The third-order valence-electron chi connectivity index (χ3n) is 4.24. The quantitative estimate of drug-likeness (QED) is 0.849. The third-order valence-corrected chi connectivity index (χ3v) is 4.24. The molecule has 0 aromatic heterocycles. The van der Waals surface area contributed by atoms with E-state index in [1.165, 1.54) is 5.01 Å². The molecule has 1 N–H and O–H groups in total. The summed E-state index contributed by atoms with van der Waals surface area (Å²) in [4.78, 5) is 38.6. The molecule has 2 aromatic rings. The molecule has 0 spiro atoms. The van der Waals surface area contributed by atoms with Gasteiger partial charge in [-0.05, 0) is 24.3 Å². The van der Waals surface area contributed by atoms with Gasteiger partial charge in [0.25, 0.3) is 11.8 Å². The number of fused-ring (bicyclic) bond motifs is 1. The second-order valence-electron chi connectivity index (χ2n) is 5.95. The van der Waals surface area contributed by atoms with Crippen LogP contribution in [0.2, 0.25) is 0 Å². The van der Waals surface area contributed by atoms with E-state index in [1.807, 2.05) is 6.07 Å². The molecule has 8 heteroatoms. The SMILES string of the molecule is O=C(CN1N=N[C@@H]2C(=O)N(c3ccccc3)C(=O)[C@@H]21)Nc1ccccc1. The summed E-state index contributed by atoms with van der Waals surface area (Å²) >= 11 is 0. The maximum atomic E-state index is 12.8. The Balaban J connectivity index is 1.49. The summed E-state index contributed by atoms with van der Waals surface area (Å²) in [5, 5.41) is 11.8. The molecule has 1 fully saturated rings. The Hall–Kier alpha value is -3.55. The van der Waals surface area contributed by atoms with E-state index < -0.39 is 23.9 Å². The van der Waals surface area contributed by atoms with Crippen molar-refractivity contribution in [1.29, 1.82) is 0 Å². The molecule has 2 aromatic carbocycles. The van der Waals surface area contributed by atoms with Gasteiger partial charge in [0.2, 0.25) is 5.91 Å². The molecule has 0 aliphatic carbocycles. The second kappa shape index (κ2) is 6.40. The highest BCUT2D eigenvalue weighted by Gasteiger charge is 2.55. The van der Waals surface area contributed by atoms with E-state index >= 15 is 0 Å². The number of rotatable bonds is 4. The first-order chi connectivity index (χ1) is 12.6. The number of imide groups is 1. The van der Waals surface area contributed by atoms with Crippen molar-refractivity contribution >= 4 is 29.1 Å².